The predicted octanol–water partition coefficient (Wildman–Crippen LogP) is 2.53. The third kappa shape index (κ3) is 2.40. The Morgan fingerprint density at radius 3 is 2.38 bits per heavy atom. The normalized spacial score (nSPS) is 14.8. The van der Waals surface area contributed by atoms with Crippen LogP contribution in [0.15, 0.2) is 4.99 Å². The molecule has 0 aliphatic carbocycles. The van der Waals surface area contributed by atoms with E-state index in [4.69, 9.17) is 0 Å². The lowest BCUT2D eigenvalue weighted by molar-refractivity contribution is 0.805. The molecular weight excluding hydrogens is 216 g/mol. The van der Waals surface area contributed by atoms with E-state index in [1.54, 1.807) is 11.5 Å². The van der Waals surface area contributed by atoms with Crippen LogP contribution in [0.3, 0.4) is 0 Å². The highest BCUT2D eigenvalue weighted by molar-refractivity contribution is 7.03. The number of aliphatic imine (C=N–C) groups is 1. The third-order valence-corrected chi connectivity index (χ3v) is 3.45. The van der Waals surface area contributed by atoms with Gasteiger partial charge in [-0.25, -0.2) is 0 Å². The zero-order valence-corrected chi connectivity index (χ0v) is 11.6. The summed E-state index contributed by atoms with van der Waals surface area (Å²) in [6.07, 6.45) is 2.10. The van der Waals surface area contributed by atoms with Gasteiger partial charge >= 0.3 is 0 Å². The van der Waals surface area contributed by atoms with E-state index in [1.165, 1.54) is 9.75 Å². The van der Waals surface area contributed by atoms with E-state index in [0.29, 0.717) is 11.8 Å². The highest BCUT2D eigenvalue weighted by Crippen LogP contribution is 2.13. The summed E-state index contributed by atoms with van der Waals surface area (Å²) in [5, 5.41) is 1.20. The zero-order valence-electron chi connectivity index (χ0n) is 10.7. The summed E-state index contributed by atoms with van der Waals surface area (Å²) in [6, 6.07) is 0. The Morgan fingerprint density at radius 1 is 1.38 bits per heavy atom. The SMILES string of the molecule is C=N/C(=c1/c(C(C)C)ns/c1=C/C)C(C)C. The molecule has 0 atom stereocenters. The molecule has 16 heavy (non-hydrogen) atoms. The van der Waals surface area contributed by atoms with Crippen molar-refractivity contribution in [3.63, 3.8) is 0 Å². The highest BCUT2D eigenvalue weighted by Gasteiger charge is 2.12. The molecule has 1 aromatic rings. The van der Waals surface area contributed by atoms with Crippen molar-refractivity contribution in [3.8, 4) is 0 Å². The number of rotatable bonds is 3. The van der Waals surface area contributed by atoms with Gasteiger partial charge in [0.15, 0.2) is 0 Å². The molecule has 88 valence electrons. The minimum absolute atomic E-state index is 0.380. The van der Waals surface area contributed by atoms with Crippen LogP contribution in [-0.2, 0) is 0 Å². The van der Waals surface area contributed by atoms with Gasteiger partial charge in [-0.15, -0.1) is 0 Å². The molecule has 0 saturated heterocycles. The first-order valence-electron chi connectivity index (χ1n) is 5.65. The van der Waals surface area contributed by atoms with Crippen molar-refractivity contribution in [2.24, 2.45) is 10.9 Å². The molecule has 0 fully saturated rings. The van der Waals surface area contributed by atoms with Crippen LogP contribution in [0.5, 0.6) is 0 Å². The summed E-state index contributed by atoms with van der Waals surface area (Å²) >= 11 is 1.55. The molecule has 0 saturated carbocycles. The molecule has 2 nitrogen and oxygen atoms in total. The standard InChI is InChI=1S/C13H20N2S/c1-7-10-11(12(14-6)8(2)3)13(9(4)5)15-16-10/h7-9H,6H2,1-5H3/b10-7+,12-11+. The van der Waals surface area contributed by atoms with Crippen molar-refractivity contribution in [1.82, 2.24) is 4.37 Å². The molecule has 0 unspecified atom stereocenters. The van der Waals surface area contributed by atoms with E-state index in [2.05, 4.69) is 49.9 Å². The molecule has 0 spiro atoms. The molecule has 1 heterocycles. The van der Waals surface area contributed by atoms with Crippen LogP contribution in [0, 0.1) is 5.92 Å². The van der Waals surface area contributed by atoms with Crippen molar-refractivity contribution in [3.05, 3.63) is 15.4 Å². The maximum absolute atomic E-state index is 4.54. The molecule has 0 radical (unpaired) electrons. The summed E-state index contributed by atoms with van der Waals surface area (Å²) in [7, 11) is 0. The Morgan fingerprint density at radius 2 is 2.00 bits per heavy atom. The van der Waals surface area contributed by atoms with Crippen molar-refractivity contribution < 1.29 is 0 Å². The zero-order chi connectivity index (χ0) is 12.3. The Kier molecular flexibility index (Phi) is 4.42. The average Bonchev–Trinajstić information content (AvgIpc) is 2.62. The number of nitrogens with zero attached hydrogens (tertiary/aromatic N) is 2. The second kappa shape index (κ2) is 5.39. The number of hydrogen-bond acceptors (Lipinski definition) is 3. The molecule has 0 aromatic carbocycles. The van der Waals surface area contributed by atoms with Crippen LogP contribution >= 0.6 is 11.5 Å². The van der Waals surface area contributed by atoms with Crippen LogP contribution in [0.1, 0.15) is 46.2 Å². The van der Waals surface area contributed by atoms with Crippen molar-refractivity contribution in [1.29, 1.82) is 0 Å². The van der Waals surface area contributed by atoms with E-state index in [9.17, 15) is 0 Å². The third-order valence-electron chi connectivity index (χ3n) is 2.53. The molecule has 0 N–H and O–H groups in total. The summed E-state index contributed by atoms with van der Waals surface area (Å²) in [4.78, 5) is 4.20. The summed E-state index contributed by atoms with van der Waals surface area (Å²) in [6.45, 7) is 14.4. The quantitative estimate of drug-likeness (QED) is 0.740. The van der Waals surface area contributed by atoms with E-state index in [1.807, 2.05) is 6.92 Å². The van der Waals surface area contributed by atoms with E-state index in [-0.39, 0.29) is 0 Å². The number of hydrogen-bond donors (Lipinski definition) is 0. The molecule has 1 aromatic heterocycles. The van der Waals surface area contributed by atoms with E-state index in [0.717, 1.165) is 11.4 Å². The van der Waals surface area contributed by atoms with Crippen molar-refractivity contribution >= 4 is 30.0 Å². The van der Waals surface area contributed by atoms with Gasteiger partial charge in [0.2, 0.25) is 0 Å². The summed E-state index contributed by atoms with van der Waals surface area (Å²) in [5.41, 5.74) is 2.21. The van der Waals surface area contributed by atoms with Gasteiger partial charge in [0.1, 0.15) is 0 Å². The molecule has 3 heteroatoms. The fourth-order valence-corrected chi connectivity index (χ4v) is 2.62. The summed E-state index contributed by atoms with van der Waals surface area (Å²) < 4.78 is 5.75. The fourth-order valence-electron chi connectivity index (χ4n) is 1.71. The Bertz CT molecular complexity index is 481. The van der Waals surface area contributed by atoms with Gasteiger partial charge in [0, 0.05) is 5.22 Å². The minimum Gasteiger partial charge on any atom is -0.268 e. The largest absolute Gasteiger partial charge is 0.268 e. The van der Waals surface area contributed by atoms with Crippen molar-refractivity contribution in [2.75, 3.05) is 0 Å². The van der Waals surface area contributed by atoms with Crippen LogP contribution in [0.25, 0.3) is 11.8 Å². The predicted molar refractivity (Wildman–Crippen MR) is 73.4 cm³/mol. The first kappa shape index (κ1) is 13.1. The Hall–Kier alpha value is -0.960. The Balaban J connectivity index is 3.75. The molecule has 0 bridgehead atoms. The first-order valence-corrected chi connectivity index (χ1v) is 6.43. The van der Waals surface area contributed by atoms with Crippen LogP contribution in [-0.4, -0.2) is 11.1 Å². The van der Waals surface area contributed by atoms with Gasteiger partial charge in [0.05, 0.1) is 15.9 Å². The van der Waals surface area contributed by atoms with E-state index >= 15 is 0 Å². The van der Waals surface area contributed by atoms with Crippen LogP contribution < -0.4 is 9.75 Å². The maximum atomic E-state index is 4.54. The van der Waals surface area contributed by atoms with Gasteiger partial charge < -0.3 is 0 Å². The van der Waals surface area contributed by atoms with Crippen molar-refractivity contribution in [2.45, 2.75) is 40.5 Å². The van der Waals surface area contributed by atoms with Gasteiger partial charge in [0.25, 0.3) is 0 Å². The van der Waals surface area contributed by atoms with Crippen LogP contribution in [0.2, 0.25) is 0 Å². The van der Waals surface area contributed by atoms with Gasteiger partial charge in [-0.05, 0) is 37.0 Å². The van der Waals surface area contributed by atoms with E-state index < -0.39 is 0 Å². The monoisotopic (exact) mass is 236 g/mol. The second-order valence-corrected chi connectivity index (χ2v) is 5.25. The van der Waals surface area contributed by atoms with Gasteiger partial charge in [-0.1, -0.05) is 33.8 Å². The fraction of sp³-hybridized carbons (Fsp3) is 0.538. The molecular formula is C13H20N2S. The molecule has 0 aliphatic heterocycles. The number of aromatic nitrogens is 1. The lowest BCUT2D eigenvalue weighted by atomic mass is 10.0. The average molecular weight is 236 g/mol. The molecule has 0 amide bonds. The Labute approximate surface area is 102 Å². The smallest absolute Gasteiger partial charge is 0.0664 e. The highest BCUT2D eigenvalue weighted by atomic mass is 32.1. The second-order valence-electron chi connectivity index (χ2n) is 4.45. The lowest BCUT2D eigenvalue weighted by Gasteiger charge is -2.06. The lowest BCUT2D eigenvalue weighted by Crippen LogP contribution is -2.27. The summed E-state index contributed by atoms with van der Waals surface area (Å²) in [5.74, 6) is 0.806. The first-order chi connectivity index (χ1) is 7.52. The van der Waals surface area contributed by atoms with Gasteiger partial charge in [-0.3, -0.25) is 4.99 Å². The maximum Gasteiger partial charge on any atom is 0.0664 e. The molecule has 0 aliphatic rings. The molecule has 1 rings (SSSR count). The topological polar surface area (TPSA) is 25.2 Å². The van der Waals surface area contributed by atoms with Crippen LogP contribution in [0.4, 0.5) is 0 Å². The van der Waals surface area contributed by atoms with Gasteiger partial charge in [-0.2, -0.15) is 4.37 Å². The minimum atomic E-state index is 0.380.